The Balaban J connectivity index is 1.94. The van der Waals surface area contributed by atoms with Crippen molar-refractivity contribution in [1.29, 1.82) is 0 Å². The third-order valence-electron chi connectivity index (χ3n) is 4.47. The molecule has 1 saturated heterocycles. The van der Waals surface area contributed by atoms with Crippen LogP contribution in [0, 0.1) is 0 Å². The topological polar surface area (TPSA) is 12.0 Å². The lowest BCUT2D eigenvalue weighted by atomic mass is 9.89. The Morgan fingerprint density at radius 2 is 1.90 bits per heavy atom. The maximum absolute atomic E-state index is 3.60. The molecule has 0 spiro atoms. The fourth-order valence-electron chi connectivity index (χ4n) is 3.32. The SMILES string of the molecule is CC(C)c1ccc(CC2CCCN2)cc1-c1ccccc1. The highest BCUT2D eigenvalue weighted by molar-refractivity contribution is 5.68. The summed E-state index contributed by atoms with van der Waals surface area (Å²) in [6, 6.07) is 18.5. The highest BCUT2D eigenvalue weighted by atomic mass is 14.9. The predicted octanol–water partition coefficient (Wildman–Crippen LogP) is 4.77. The molecule has 1 atom stereocenters. The third-order valence-corrected chi connectivity index (χ3v) is 4.47. The van der Waals surface area contributed by atoms with Gasteiger partial charge in [-0.15, -0.1) is 0 Å². The van der Waals surface area contributed by atoms with Crippen LogP contribution in [0.25, 0.3) is 11.1 Å². The van der Waals surface area contributed by atoms with Crippen molar-refractivity contribution >= 4 is 0 Å². The molecule has 2 aromatic rings. The molecular weight excluding hydrogens is 254 g/mol. The predicted molar refractivity (Wildman–Crippen MR) is 90.7 cm³/mol. The van der Waals surface area contributed by atoms with Crippen LogP contribution in [0.5, 0.6) is 0 Å². The van der Waals surface area contributed by atoms with Crippen LogP contribution in [0.3, 0.4) is 0 Å². The molecule has 1 aliphatic rings. The van der Waals surface area contributed by atoms with Crippen LogP contribution in [-0.2, 0) is 6.42 Å². The summed E-state index contributed by atoms with van der Waals surface area (Å²) in [6.45, 7) is 5.74. The fraction of sp³-hybridized carbons (Fsp3) is 0.400. The Hall–Kier alpha value is -1.60. The molecule has 0 aliphatic carbocycles. The first-order valence-electron chi connectivity index (χ1n) is 8.15. The molecule has 1 fully saturated rings. The van der Waals surface area contributed by atoms with E-state index in [9.17, 15) is 0 Å². The fourth-order valence-corrected chi connectivity index (χ4v) is 3.32. The number of hydrogen-bond acceptors (Lipinski definition) is 1. The van der Waals surface area contributed by atoms with Crippen molar-refractivity contribution in [2.45, 2.75) is 45.1 Å². The monoisotopic (exact) mass is 279 g/mol. The Morgan fingerprint density at radius 3 is 2.57 bits per heavy atom. The van der Waals surface area contributed by atoms with Gasteiger partial charge in [0, 0.05) is 6.04 Å². The number of hydrogen-bond donors (Lipinski definition) is 1. The first-order valence-corrected chi connectivity index (χ1v) is 8.15. The molecule has 3 rings (SSSR count). The van der Waals surface area contributed by atoms with Gasteiger partial charge in [0.25, 0.3) is 0 Å². The molecule has 1 heteroatoms. The number of benzene rings is 2. The van der Waals surface area contributed by atoms with Crippen molar-refractivity contribution in [3.63, 3.8) is 0 Å². The highest BCUT2D eigenvalue weighted by Crippen LogP contribution is 2.30. The van der Waals surface area contributed by atoms with Crippen LogP contribution in [0.2, 0.25) is 0 Å². The maximum atomic E-state index is 3.60. The van der Waals surface area contributed by atoms with Crippen molar-refractivity contribution in [2.24, 2.45) is 0 Å². The Morgan fingerprint density at radius 1 is 1.10 bits per heavy atom. The minimum Gasteiger partial charge on any atom is -0.314 e. The average molecular weight is 279 g/mol. The summed E-state index contributed by atoms with van der Waals surface area (Å²) >= 11 is 0. The van der Waals surface area contributed by atoms with Gasteiger partial charge in [0.1, 0.15) is 0 Å². The van der Waals surface area contributed by atoms with Crippen LogP contribution in [0.15, 0.2) is 48.5 Å². The first kappa shape index (κ1) is 14.3. The van der Waals surface area contributed by atoms with Crippen LogP contribution in [0.1, 0.15) is 43.7 Å². The van der Waals surface area contributed by atoms with Gasteiger partial charge in [0.15, 0.2) is 0 Å². The second kappa shape index (κ2) is 6.44. The normalized spacial score (nSPS) is 18.3. The second-order valence-electron chi connectivity index (χ2n) is 6.44. The van der Waals surface area contributed by atoms with E-state index in [1.807, 2.05) is 0 Å². The molecule has 0 amide bonds. The van der Waals surface area contributed by atoms with Crippen molar-refractivity contribution in [3.05, 3.63) is 59.7 Å². The summed E-state index contributed by atoms with van der Waals surface area (Å²) < 4.78 is 0. The first-order chi connectivity index (χ1) is 10.2. The molecule has 0 bridgehead atoms. The van der Waals surface area contributed by atoms with Gasteiger partial charge in [-0.3, -0.25) is 0 Å². The standard InChI is InChI=1S/C20H25N/c1-15(2)19-11-10-16(13-18-9-6-12-21-18)14-20(19)17-7-4-3-5-8-17/h3-5,7-8,10-11,14-15,18,21H,6,9,12-13H2,1-2H3. The van der Waals surface area contributed by atoms with E-state index >= 15 is 0 Å². The lowest BCUT2D eigenvalue weighted by Gasteiger charge is -2.17. The van der Waals surface area contributed by atoms with Crippen LogP contribution in [-0.4, -0.2) is 12.6 Å². The molecule has 0 saturated carbocycles. The van der Waals surface area contributed by atoms with Crippen molar-refractivity contribution in [3.8, 4) is 11.1 Å². The zero-order valence-electron chi connectivity index (χ0n) is 13.1. The second-order valence-corrected chi connectivity index (χ2v) is 6.44. The molecule has 1 heterocycles. The zero-order valence-corrected chi connectivity index (χ0v) is 13.1. The summed E-state index contributed by atoms with van der Waals surface area (Å²) in [7, 11) is 0. The molecule has 110 valence electrons. The number of rotatable bonds is 4. The molecule has 2 aromatic carbocycles. The molecule has 21 heavy (non-hydrogen) atoms. The summed E-state index contributed by atoms with van der Waals surface area (Å²) in [4.78, 5) is 0. The summed E-state index contributed by atoms with van der Waals surface area (Å²) in [5, 5.41) is 3.60. The minimum atomic E-state index is 0.555. The van der Waals surface area contributed by atoms with Gasteiger partial charge in [0.2, 0.25) is 0 Å². The molecule has 1 unspecified atom stereocenters. The van der Waals surface area contributed by atoms with Gasteiger partial charge in [-0.1, -0.05) is 62.4 Å². The van der Waals surface area contributed by atoms with E-state index in [1.54, 1.807) is 0 Å². The third kappa shape index (κ3) is 3.36. The Labute approximate surface area is 128 Å². The van der Waals surface area contributed by atoms with Crippen molar-refractivity contribution < 1.29 is 0 Å². The molecule has 0 radical (unpaired) electrons. The van der Waals surface area contributed by atoms with Gasteiger partial charge >= 0.3 is 0 Å². The number of nitrogens with one attached hydrogen (secondary N) is 1. The van der Waals surface area contributed by atoms with E-state index in [0.717, 1.165) is 6.42 Å². The lowest BCUT2D eigenvalue weighted by molar-refractivity contribution is 0.603. The van der Waals surface area contributed by atoms with Gasteiger partial charge in [-0.25, -0.2) is 0 Å². The van der Waals surface area contributed by atoms with Crippen molar-refractivity contribution in [2.75, 3.05) is 6.54 Å². The van der Waals surface area contributed by atoms with E-state index in [-0.39, 0.29) is 0 Å². The van der Waals surface area contributed by atoms with Gasteiger partial charge in [-0.2, -0.15) is 0 Å². The maximum Gasteiger partial charge on any atom is 0.0108 e. The smallest absolute Gasteiger partial charge is 0.0108 e. The van der Waals surface area contributed by atoms with Crippen LogP contribution >= 0.6 is 0 Å². The van der Waals surface area contributed by atoms with Crippen molar-refractivity contribution in [1.82, 2.24) is 5.32 Å². The summed E-state index contributed by atoms with van der Waals surface area (Å²) in [5.41, 5.74) is 5.64. The summed E-state index contributed by atoms with van der Waals surface area (Å²) in [6.07, 6.45) is 3.78. The lowest BCUT2D eigenvalue weighted by Crippen LogP contribution is -2.23. The van der Waals surface area contributed by atoms with E-state index in [2.05, 4.69) is 67.7 Å². The van der Waals surface area contributed by atoms with E-state index < -0.39 is 0 Å². The van der Waals surface area contributed by atoms with Crippen LogP contribution < -0.4 is 5.32 Å². The average Bonchev–Trinajstić information content (AvgIpc) is 3.01. The minimum absolute atomic E-state index is 0.555. The largest absolute Gasteiger partial charge is 0.314 e. The van der Waals surface area contributed by atoms with E-state index in [1.165, 1.54) is 41.6 Å². The van der Waals surface area contributed by atoms with Gasteiger partial charge < -0.3 is 5.32 Å². The Bertz CT molecular complexity index is 580. The van der Waals surface area contributed by atoms with Gasteiger partial charge in [0.05, 0.1) is 0 Å². The molecular formula is C20H25N. The Kier molecular flexibility index (Phi) is 4.40. The summed E-state index contributed by atoms with van der Waals surface area (Å²) in [5.74, 6) is 0.555. The molecule has 1 aliphatic heterocycles. The van der Waals surface area contributed by atoms with Crippen LogP contribution in [0.4, 0.5) is 0 Å². The van der Waals surface area contributed by atoms with E-state index in [0.29, 0.717) is 12.0 Å². The quantitative estimate of drug-likeness (QED) is 0.850. The molecule has 1 N–H and O–H groups in total. The van der Waals surface area contributed by atoms with E-state index in [4.69, 9.17) is 0 Å². The molecule has 0 aromatic heterocycles. The molecule has 1 nitrogen and oxygen atoms in total. The zero-order chi connectivity index (χ0) is 14.7. The highest BCUT2D eigenvalue weighted by Gasteiger charge is 2.16. The van der Waals surface area contributed by atoms with Gasteiger partial charge in [-0.05, 0) is 54.0 Å².